The normalized spacial score (nSPS) is 11.3. The van der Waals surface area contributed by atoms with Gasteiger partial charge in [-0.1, -0.05) is 12.1 Å². The highest BCUT2D eigenvalue weighted by molar-refractivity contribution is 5.87. The van der Waals surface area contributed by atoms with E-state index >= 15 is 0 Å². The van der Waals surface area contributed by atoms with Gasteiger partial charge in [0, 0.05) is 19.6 Å². The molecule has 0 fully saturated rings. The van der Waals surface area contributed by atoms with E-state index in [0.717, 1.165) is 24.4 Å². The van der Waals surface area contributed by atoms with Gasteiger partial charge < -0.3 is 14.4 Å². The number of likely N-dealkylation sites (N-methyl/N-ethyl adjacent to an activating group) is 1. The van der Waals surface area contributed by atoms with Crippen LogP contribution in [-0.2, 0) is 13.1 Å². The Morgan fingerprint density at radius 1 is 1.14 bits per heavy atom. The van der Waals surface area contributed by atoms with E-state index in [4.69, 9.17) is 9.52 Å². The summed E-state index contributed by atoms with van der Waals surface area (Å²) in [6, 6.07) is 10.9. The average Bonchev–Trinajstić information content (AvgIpc) is 2.98. The Morgan fingerprint density at radius 2 is 1.95 bits per heavy atom. The van der Waals surface area contributed by atoms with Crippen molar-refractivity contribution >= 4 is 5.97 Å². The highest BCUT2D eigenvalue weighted by Gasteiger charge is 2.11. The van der Waals surface area contributed by atoms with Crippen molar-refractivity contribution in [2.24, 2.45) is 0 Å². The molecule has 2 aromatic rings. The van der Waals surface area contributed by atoms with Crippen LogP contribution >= 0.6 is 0 Å². The molecule has 0 saturated carbocycles. The van der Waals surface area contributed by atoms with Gasteiger partial charge in [0.2, 0.25) is 0 Å². The molecule has 5 heteroatoms. The van der Waals surface area contributed by atoms with Gasteiger partial charge in [0.05, 0.1) is 18.4 Å². The predicted molar refractivity (Wildman–Crippen MR) is 84.8 cm³/mol. The van der Waals surface area contributed by atoms with E-state index in [-0.39, 0.29) is 0 Å². The second kappa shape index (κ2) is 7.77. The van der Waals surface area contributed by atoms with E-state index in [1.165, 1.54) is 0 Å². The van der Waals surface area contributed by atoms with E-state index in [9.17, 15) is 4.79 Å². The molecule has 0 unspecified atom stereocenters. The smallest absolute Gasteiger partial charge is 0.335 e. The Labute approximate surface area is 130 Å². The lowest BCUT2D eigenvalue weighted by Crippen LogP contribution is -2.31. The van der Waals surface area contributed by atoms with Crippen molar-refractivity contribution in [2.45, 2.75) is 13.1 Å². The van der Waals surface area contributed by atoms with Crippen LogP contribution in [0.5, 0.6) is 0 Å². The second-order valence-electron chi connectivity index (χ2n) is 5.60. The van der Waals surface area contributed by atoms with E-state index in [0.29, 0.717) is 18.7 Å². The number of carboxylic acid groups (broad SMARTS) is 1. The number of carboxylic acids is 1. The number of carbonyl (C=O) groups is 1. The summed E-state index contributed by atoms with van der Waals surface area (Å²) in [5.41, 5.74) is 1.31. The molecule has 0 aliphatic rings. The monoisotopic (exact) mass is 302 g/mol. The highest BCUT2D eigenvalue weighted by atomic mass is 16.4. The maximum absolute atomic E-state index is 11.1. The topological polar surface area (TPSA) is 56.9 Å². The van der Waals surface area contributed by atoms with Crippen LogP contribution in [0.25, 0.3) is 0 Å². The highest BCUT2D eigenvalue weighted by Crippen LogP contribution is 2.12. The maximum atomic E-state index is 11.1. The summed E-state index contributed by atoms with van der Waals surface area (Å²) in [7, 11) is 4.08. The fourth-order valence-electron chi connectivity index (χ4n) is 2.24. The van der Waals surface area contributed by atoms with Crippen LogP contribution < -0.4 is 0 Å². The van der Waals surface area contributed by atoms with Crippen LogP contribution in [0.1, 0.15) is 21.7 Å². The maximum Gasteiger partial charge on any atom is 0.335 e. The Hall–Kier alpha value is -2.11. The molecule has 1 N–H and O–H groups in total. The third-order valence-electron chi connectivity index (χ3n) is 3.40. The summed E-state index contributed by atoms with van der Waals surface area (Å²) in [6.45, 7) is 3.21. The summed E-state index contributed by atoms with van der Waals surface area (Å²) in [5.74, 6) is 0.0147. The summed E-state index contributed by atoms with van der Waals surface area (Å²) >= 11 is 0. The van der Waals surface area contributed by atoms with Crippen LogP contribution in [0.2, 0.25) is 0 Å². The number of aromatic carboxylic acids is 1. The number of furan rings is 1. The zero-order valence-electron chi connectivity index (χ0n) is 13.0. The zero-order chi connectivity index (χ0) is 15.9. The minimum Gasteiger partial charge on any atom is -0.478 e. The molecule has 0 spiro atoms. The molecule has 0 bridgehead atoms. The van der Waals surface area contributed by atoms with Gasteiger partial charge in [-0.3, -0.25) is 4.90 Å². The number of hydrogen-bond acceptors (Lipinski definition) is 4. The van der Waals surface area contributed by atoms with Gasteiger partial charge in [-0.05, 0) is 43.9 Å². The van der Waals surface area contributed by atoms with Gasteiger partial charge in [-0.25, -0.2) is 4.79 Å². The van der Waals surface area contributed by atoms with Crippen LogP contribution in [0, 0.1) is 0 Å². The standard InChI is InChI=1S/C17H22N2O3/c1-18(2)8-9-19(13-16-7-4-10-22-16)12-14-5-3-6-15(11-14)17(20)21/h3-7,10-11H,8-9,12-13H2,1-2H3,(H,20,21). The lowest BCUT2D eigenvalue weighted by atomic mass is 10.1. The molecule has 1 heterocycles. The first kappa shape index (κ1) is 16.3. The average molecular weight is 302 g/mol. The fourth-order valence-corrected chi connectivity index (χ4v) is 2.24. The first-order valence-electron chi connectivity index (χ1n) is 7.26. The Morgan fingerprint density at radius 3 is 2.59 bits per heavy atom. The molecule has 2 rings (SSSR count). The molecule has 5 nitrogen and oxygen atoms in total. The Balaban J connectivity index is 2.07. The zero-order valence-corrected chi connectivity index (χ0v) is 13.0. The molecule has 0 amide bonds. The largest absolute Gasteiger partial charge is 0.478 e. The van der Waals surface area contributed by atoms with Crippen molar-refractivity contribution in [1.82, 2.24) is 9.80 Å². The minimum absolute atomic E-state index is 0.322. The fraction of sp³-hybridized carbons (Fsp3) is 0.353. The molecule has 0 aliphatic heterocycles. The summed E-state index contributed by atoms with van der Waals surface area (Å²) < 4.78 is 5.42. The van der Waals surface area contributed by atoms with Gasteiger partial charge in [-0.2, -0.15) is 0 Å². The van der Waals surface area contributed by atoms with Crippen molar-refractivity contribution in [2.75, 3.05) is 27.2 Å². The molecule has 0 aliphatic carbocycles. The van der Waals surface area contributed by atoms with Crippen LogP contribution in [0.3, 0.4) is 0 Å². The van der Waals surface area contributed by atoms with Gasteiger partial charge in [0.15, 0.2) is 0 Å². The van der Waals surface area contributed by atoms with Gasteiger partial charge in [-0.15, -0.1) is 0 Å². The quantitative estimate of drug-likeness (QED) is 0.812. The lowest BCUT2D eigenvalue weighted by molar-refractivity contribution is 0.0696. The van der Waals surface area contributed by atoms with Gasteiger partial charge >= 0.3 is 5.97 Å². The van der Waals surface area contributed by atoms with E-state index < -0.39 is 5.97 Å². The van der Waals surface area contributed by atoms with E-state index in [2.05, 4.69) is 9.80 Å². The van der Waals surface area contributed by atoms with Crippen LogP contribution in [0.4, 0.5) is 0 Å². The van der Waals surface area contributed by atoms with Gasteiger partial charge in [0.1, 0.15) is 5.76 Å². The SMILES string of the molecule is CN(C)CCN(Cc1cccc(C(=O)O)c1)Cc1ccco1. The molecular weight excluding hydrogens is 280 g/mol. The summed E-state index contributed by atoms with van der Waals surface area (Å²) in [5, 5.41) is 9.09. The minimum atomic E-state index is -0.896. The van der Waals surface area contributed by atoms with E-state index in [1.54, 1.807) is 24.5 Å². The number of rotatable bonds is 8. The molecule has 1 aromatic heterocycles. The molecular formula is C17H22N2O3. The van der Waals surface area contributed by atoms with Crippen molar-refractivity contribution in [3.63, 3.8) is 0 Å². The molecule has 22 heavy (non-hydrogen) atoms. The first-order valence-corrected chi connectivity index (χ1v) is 7.26. The van der Waals surface area contributed by atoms with Crippen LogP contribution in [-0.4, -0.2) is 48.1 Å². The predicted octanol–water partition coefficient (Wildman–Crippen LogP) is 2.54. The number of hydrogen-bond donors (Lipinski definition) is 1. The van der Waals surface area contributed by atoms with Crippen molar-refractivity contribution in [1.29, 1.82) is 0 Å². The molecule has 118 valence electrons. The van der Waals surface area contributed by atoms with Crippen molar-refractivity contribution in [3.05, 3.63) is 59.5 Å². The first-order chi connectivity index (χ1) is 10.5. The summed E-state index contributed by atoms with van der Waals surface area (Å²) in [4.78, 5) is 15.5. The molecule has 1 aromatic carbocycles. The van der Waals surface area contributed by atoms with Crippen molar-refractivity contribution < 1.29 is 14.3 Å². The Kier molecular flexibility index (Phi) is 5.75. The Bertz CT molecular complexity index is 594. The number of benzene rings is 1. The molecule has 0 radical (unpaired) electrons. The summed E-state index contributed by atoms with van der Waals surface area (Å²) in [6.07, 6.45) is 1.67. The van der Waals surface area contributed by atoms with Crippen LogP contribution in [0.15, 0.2) is 47.1 Å². The third kappa shape index (κ3) is 5.02. The van der Waals surface area contributed by atoms with Gasteiger partial charge in [0.25, 0.3) is 0 Å². The lowest BCUT2D eigenvalue weighted by Gasteiger charge is -2.23. The molecule has 0 saturated heterocycles. The van der Waals surface area contributed by atoms with Crippen molar-refractivity contribution in [3.8, 4) is 0 Å². The number of nitrogens with zero attached hydrogens (tertiary/aromatic N) is 2. The third-order valence-corrected chi connectivity index (χ3v) is 3.40. The van der Waals surface area contributed by atoms with E-state index in [1.807, 2.05) is 32.3 Å². The second-order valence-corrected chi connectivity index (χ2v) is 5.60. The molecule has 0 atom stereocenters.